The molecule has 0 aliphatic rings. The van der Waals surface area contributed by atoms with Crippen molar-refractivity contribution in [3.05, 3.63) is 53.3 Å². The summed E-state index contributed by atoms with van der Waals surface area (Å²) in [6.45, 7) is 1.80. The molecule has 0 fully saturated rings. The van der Waals surface area contributed by atoms with E-state index in [1.165, 1.54) is 13.3 Å². The van der Waals surface area contributed by atoms with E-state index < -0.39 is 0 Å². The normalized spacial score (nSPS) is 10.6. The zero-order valence-corrected chi connectivity index (χ0v) is 11.7. The highest BCUT2D eigenvalue weighted by molar-refractivity contribution is 5.95. The van der Waals surface area contributed by atoms with Crippen molar-refractivity contribution in [2.75, 3.05) is 7.11 Å². The Bertz CT molecular complexity index is 684. The number of para-hydroxylation sites is 1. The number of methoxy groups -OCH3 is 1. The van der Waals surface area contributed by atoms with Gasteiger partial charge in [-0.15, -0.1) is 0 Å². The molecule has 0 unspecified atom stereocenters. The van der Waals surface area contributed by atoms with E-state index in [9.17, 15) is 9.90 Å². The van der Waals surface area contributed by atoms with Crippen LogP contribution in [-0.2, 0) is 0 Å². The summed E-state index contributed by atoms with van der Waals surface area (Å²) in [7, 11) is 1.46. The van der Waals surface area contributed by atoms with E-state index in [-0.39, 0.29) is 11.7 Å². The van der Waals surface area contributed by atoms with E-state index >= 15 is 0 Å². The molecule has 0 radical (unpaired) electrons. The second-order valence-electron chi connectivity index (χ2n) is 4.28. The van der Waals surface area contributed by atoms with Gasteiger partial charge in [-0.05, 0) is 31.2 Å². The van der Waals surface area contributed by atoms with Crippen molar-refractivity contribution in [2.45, 2.75) is 6.92 Å². The summed E-state index contributed by atoms with van der Waals surface area (Å²) in [4.78, 5) is 15.9. The van der Waals surface area contributed by atoms with Crippen molar-refractivity contribution in [3.63, 3.8) is 0 Å². The first-order valence-corrected chi connectivity index (χ1v) is 6.24. The van der Waals surface area contributed by atoms with Crippen molar-refractivity contribution in [3.8, 4) is 11.5 Å². The van der Waals surface area contributed by atoms with Crippen molar-refractivity contribution >= 4 is 12.1 Å². The van der Waals surface area contributed by atoms with Gasteiger partial charge in [0.1, 0.15) is 0 Å². The quantitative estimate of drug-likeness (QED) is 0.663. The van der Waals surface area contributed by atoms with Gasteiger partial charge in [0.25, 0.3) is 5.91 Å². The molecule has 0 atom stereocenters. The van der Waals surface area contributed by atoms with E-state index in [1.54, 1.807) is 43.5 Å². The minimum atomic E-state index is -0.348. The average molecular weight is 285 g/mol. The van der Waals surface area contributed by atoms with Gasteiger partial charge in [0.05, 0.1) is 13.3 Å². The SMILES string of the molecule is COc1cccc(/C=N\NC(=O)c2ccnc(C)c2)c1O. The maximum absolute atomic E-state index is 11.9. The summed E-state index contributed by atoms with van der Waals surface area (Å²) in [6, 6.07) is 8.26. The lowest BCUT2D eigenvalue weighted by Crippen LogP contribution is -2.17. The minimum absolute atomic E-state index is 0.0299. The molecule has 1 amide bonds. The Labute approximate surface area is 122 Å². The first-order chi connectivity index (χ1) is 10.1. The number of hydrogen-bond donors (Lipinski definition) is 2. The van der Waals surface area contributed by atoms with Crippen molar-refractivity contribution in [1.29, 1.82) is 0 Å². The van der Waals surface area contributed by atoms with Gasteiger partial charge in [0.15, 0.2) is 11.5 Å². The number of pyridine rings is 1. The summed E-state index contributed by atoms with van der Waals surface area (Å²) in [6.07, 6.45) is 2.91. The van der Waals surface area contributed by atoms with E-state index in [0.717, 1.165) is 5.69 Å². The third-order valence-corrected chi connectivity index (χ3v) is 2.78. The molecule has 2 N–H and O–H groups in total. The van der Waals surface area contributed by atoms with Crippen LogP contribution in [0.25, 0.3) is 0 Å². The van der Waals surface area contributed by atoms with Crippen molar-refractivity contribution < 1.29 is 14.6 Å². The number of hydrazone groups is 1. The fourth-order valence-corrected chi connectivity index (χ4v) is 1.72. The van der Waals surface area contributed by atoms with Crippen LogP contribution in [0.1, 0.15) is 21.6 Å². The first-order valence-electron chi connectivity index (χ1n) is 6.24. The van der Waals surface area contributed by atoms with Gasteiger partial charge in [-0.1, -0.05) is 6.07 Å². The number of carbonyl (C=O) groups excluding carboxylic acids is 1. The van der Waals surface area contributed by atoms with Crippen LogP contribution in [-0.4, -0.2) is 29.3 Å². The van der Waals surface area contributed by atoms with Crippen molar-refractivity contribution in [2.24, 2.45) is 5.10 Å². The van der Waals surface area contributed by atoms with Gasteiger partial charge in [-0.25, -0.2) is 5.43 Å². The van der Waals surface area contributed by atoms with Crippen LogP contribution < -0.4 is 10.2 Å². The van der Waals surface area contributed by atoms with E-state index in [0.29, 0.717) is 16.9 Å². The number of aromatic hydroxyl groups is 1. The number of carbonyl (C=O) groups is 1. The number of hydrogen-bond acceptors (Lipinski definition) is 5. The van der Waals surface area contributed by atoms with Crippen LogP contribution in [0.5, 0.6) is 11.5 Å². The van der Waals surface area contributed by atoms with Crippen LogP contribution in [0.15, 0.2) is 41.6 Å². The van der Waals surface area contributed by atoms with Crippen LogP contribution in [0, 0.1) is 6.92 Å². The number of phenols is 1. The van der Waals surface area contributed by atoms with Crippen LogP contribution >= 0.6 is 0 Å². The number of nitrogens with one attached hydrogen (secondary N) is 1. The Morgan fingerprint density at radius 3 is 2.95 bits per heavy atom. The van der Waals surface area contributed by atoms with Crippen LogP contribution in [0.4, 0.5) is 0 Å². The van der Waals surface area contributed by atoms with Gasteiger partial charge >= 0.3 is 0 Å². The molecule has 0 saturated carbocycles. The average Bonchev–Trinajstić information content (AvgIpc) is 2.49. The zero-order valence-electron chi connectivity index (χ0n) is 11.7. The highest BCUT2D eigenvalue weighted by Gasteiger charge is 2.06. The Morgan fingerprint density at radius 1 is 1.43 bits per heavy atom. The molecule has 1 aromatic carbocycles. The van der Waals surface area contributed by atoms with Gasteiger partial charge in [-0.3, -0.25) is 9.78 Å². The van der Waals surface area contributed by atoms with Crippen LogP contribution in [0.3, 0.4) is 0 Å². The predicted octanol–water partition coefficient (Wildman–Crippen LogP) is 1.87. The number of rotatable bonds is 4. The van der Waals surface area contributed by atoms with Gasteiger partial charge in [0.2, 0.25) is 0 Å². The second-order valence-corrected chi connectivity index (χ2v) is 4.28. The fourth-order valence-electron chi connectivity index (χ4n) is 1.72. The molecule has 1 heterocycles. The highest BCUT2D eigenvalue weighted by atomic mass is 16.5. The van der Waals surface area contributed by atoms with E-state index in [2.05, 4.69) is 15.5 Å². The number of phenolic OH excluding ortho intramolecular Hbond substituents is 1. The summed E-state index contributed by atoms with van der Waals surface area (Å²) in [5, 5.41) is 13.7. The Kier molecular flexibility index (Phi) is 4.50. The summed E-state index contributed by atoms with van der Waals surface area (Å²) >= 11 is 0. The molecule has 0 aliphatic carbocycles. The number of aromatic nitrogens is 1. The largest absolute Gasteiger partial charge is 0.504 e. The topological polar surface area (TPSA) is 83.8 Å². The third-order valence-electron chi connectivity index (χ3n) is 2.78. The molecule has 6 heteroatoms. The fraction of sp³-hybridized carbons (Fsp3) is 0.133. The molecule has 0 bridgehead atoms. The molecule has 108 valence electrons. The molecule has 0 spiro atoms. The highest BCUT2D eigenvalue weighted by Crippen LogP contribution is 2.27. The molecule has 0 saturated heterocycles. The Balaban J connectivity index is 2.07. The molecule has 6 nitrogen and oxygen atoms in total. The Morgan fingerprint density at radius 2 is 2.24 bits per heavy atom. The van der Waals surface area contributed by atoms with Crippen molar-refractivity contribution in [1.82, 2.24) is 10.4 Å². The van der Waals surface area contributed by atoms with Crippen LogP contribution in [0.2, 0.25) is 0 Å². The maximum Gasteiger partial charge on any atom is 0.271 e. The monoisotopic (exact) mass is 285 g/mol. The minimum Gasteiger partial charge on any atom is -0.504 e. The Hall–Kier alpha value is -2.89. The number of benzene rings is 1. The summed E-state index contributed by atoms with van der Waals surface area (Å²) < 4.78 is 4.99. The third kappa shape index (κ3) is 3.56. The zero-order chi connectivity index (χ0) is 15.2. The molecule has 1 aromatic heterocycles. The van der Waals surface area contributed by atoms with E-state index in [4.69, 9.17) is 4.74 Å². The lowest BCUT2D eigenvalue weighted by Gasteiger charge is -2.05. The molecule has 0 aliphatic heterocycles. The first kappa shape index (κ1) is 14.5. The number of amides is 1. The molecule has 21 heavy (non-hydrogen) atoms. The number of nitrogens with zero attached hydrogens (tertiary/aromatic N) is 2. The smallest absolute Gasteiger partial charge is 0.271 e. The standard InChI is InChI=1S/C15H15N3O3/c1-10-8-11(6-7-16-10)15(20)18-17-9-12-4-3-5-13(21-2)14(12)19/h3-9,19H,1-2H3,(H,18,20)/b17-9-. The molecular weight excluding hydrogens is 270 g/mol. The number of ether oxygens (including phenoxy) is 1. The predicted molar refractivity (Wildman–Crippen MR) is 78.7 cm³/mol. The molecular formula is C15H15N3O3. The lowest BCUT2D eigenvalue weighted by atomic mass is 10.2. The maximum atomic E-state index is 11.9. The summed E-state index contributed by atoms with van der Waals surface area (Å²) in [5.41, 5.74) is 4.05. The van der Waals surface area contributed by atoms with Gasteiger partial charge in [-0.2, -0.15) is 5.10 Å². The lowest BCUT2D eigenvalue weighted by molar-refractivity contribution is 0.0955. The molecule has 2 rings (SSSR count). The summed E-state index contributed by atoms with van der Waals surface area (Å²) in [5.74, 6) is -0.0353. The second kappa shape index (κ2) is 6.51. The van der Waals surface area contributed by atoms with Gasteiger partial charge < -0.3 is 9.84 Å². The number of aryl methyl sites for hydroxylation is 1. The molecule has 2 aromatic rings. The van der Waals surface area contributed by atoms with Gasteiger partial charge in [0, 0.05) is 23.0 Å². The van der Waals surface area contributed by atoms with E-state index in [1.807, 2.05) is 0 Å².